The van der Waals surface area contributed by atoms with E-state index in [9.17, 15) is 0 Å². The zero-order valence-electron chi connectivity index (χ0n) is 9.23. The Morgan fingerprint density at radius 1 is 1.08 bits per heavy atom. The first-order valence-electron chi connectivity index (χ1n) is 4.70. The summed E-state index contributed by atoms with van der Waals surface area (Å²) in [4.78, 5) is 0. The molecule has 0 nitrogen and oxygen atoms in total. The first-order valence-corrected chi connectivity index (χ1v) is 4.70. The smallest absolute Gasteiger partial charge is 0.0899 e. The Bertz CT molecular complexity index is 319. The fraction of sp³-hybridized carbons (Fsp3) is 0.500. The summed E-state index contributed by atoms with van der Waals surface area (Å²) in [6.45, 7) is 10.7. The highest BCUT2D eigenvalue weighted by atomic mass is 14.2. The van der Waals surface area contributed by atoms with Crippen LogP contribution in [-0.2, 0) is 5.41 Å². The summed E-state index contributed by atoms with van der Waals surface area (Å²) in [6, 6.07) is 4.28. The molecule has 1 aromatic carbocycles. The third kappa shape index (κ3) is 1.96. The molecule has 0 spiro atoms. The van der Waals surface area contributed by atoms with Gasteiger partial charge >= 0.3 is 0 Å². The van der Waals surface area contributed by atoms with Crippen LogP contribution in [0.1, 0.15) is 37.5 Å². The van der Waals surface area contributed by atoms with Gasteiger partial charge in [0.15, 0.2) is 0 Å². The van der Waals surface area contributed by atoms with Crippen molar-refractivity contribution in [3.63, 3.8) is 0 Å². The normalized spacial score (nSPS) is 11.8. The summed E-state index contributed by atoms with van der Waals surface area (Å²) in [6.07, 6.45) is 0. The standard InChI is InChI=1S/C12H17B/c1-8-6-7-10(12(3,4)5)11(13)9(8)2/h6-7H,1-5H3. The first-order chi connectivity index (χ1) is 5.84. The second-order valence-corrected chi connectivity index (χ2v) is 4.72. The van der Waals surface area contributed by atoms with Crippen LogP contribution >= 0.6 is 0 Å². The summed E-state index contributed by atoms with van der Waals surface area (Å²) >= 11 is 0. The number of rotatable bonds is 0. The third-order valence-electron chi connectivity index (χ3n) is 2.59. The minimum absolute atomic E-state index is 0.141. The van der Waals surface area contributed by atoms with Crippen LogP contribution in [0, 0.1) is 13.8 Å². The van der Waals surface area contributed by atoms with Crippen LogP contribution < -0.4 is 5.46 Å². The molecule has 0 N–H and O–H groups in total. The highest BCUT2D eigenvalue weighted by molar-refractivity contribution is 6.34. The Morgan fingerprint density at radius 3 is 2.08 bits per heavy atom. The summed E-state index contributed by atoms with van der Waals surface area (Å²) in [5, 5.41) is 0. The van der Waals surface area contributed by atoms with Gasteiger partial charge in [-0.2, -0.15) is 0 Å². The van der Waals surface area contributed by atoms with E-state index in [-0.39, 0.29) is 5.41 Å². The van der Waals surface area contributed by atoms with Gasteiger partial charge < -0.3 is 0 Å². The number of aryl methyl sites for hydroxylation is 1. The highest BCUT2D eigenvalue weighted by Gasteiger charge is 2.16. The molecule has 0 saturated heterocycles. The lowest BCUT2D eigenvalue weighted by atomic mass is 9.74. The van der Waals surface area contributed by atoms with Crippen LogP contribution in [0.25, 0.3) is 0 Å². The largest absolute Gasteiger partial charge is 0.114 e. The van der Waals surface area contributed by atoms with Gasteiger partial charge in [0.2, 0.25) is 0 Å². The summed E-state index contributed by atoms with van der Waals surface area (Å²) in [5.41, 5.74) is 4.82. The van der Waals surface area contributed by atoms with Crippen molar-refractivity contribution in [3.8, 4) is 0 Å². The third-order valence-corrected chi connectivity index (χ3v) is 2.59. The van der Waals surface area contributed by atoms with Crippen LogP contribution in [0.3, 0.4) is 0 Å². The molecule has 0 aliphatic rings. The van der Waals surface area contributed by atoms with Crippen molar-refractivity contribution in [2.45, 2.75) is 40.0 Å². The van der Waals surface area contributed by atoms with Crippen molar-refractivity contribution in [1.29, 1.82) is 0 Å². The topological polar surface area (TPSA) is 0 Å². The number of hydrogen-bond donors (Lipinski definition) is 0. The molecule has 0 aliphatic carbocycles. The Morgan fingerprint density at radius 2 is 1.62 bits per heavy atom. The Hall–Kier alpha value is -0.715. The average molecular weight is 172 g/mol. The number of hydrogen-bond acceptors (Lipinski definition) is 0. The van der Waals surface area contributed by atoms with Gasteiger partial charge in [-0.05, 0) is 30.4 Å². The van der Waals surface area contributed by atoms with E-state index < -0.39 is 0 Å². The molecule has 0 amide bonds. The van der Waals surface area contributed by atoms with Crippen LogP contribution in [0.15, 0.2) is 12.1 Å². The van der Waals surface area contributed by atoms with Gasteiger partial charge in [0.1, 0.15) is 7.85 Å². The maximum atomic E-state index is 6.07. The maximum Gasteiger partial charge on any atom is 0.114 e. The van der Waals surface area contributed by atoms with E-state index in [1.807, 2.05) is 0 Å². The lowest BCUT2D eigenvalue weighted by Gasteiger charge is -2.24. The molecular formula is C12H17B. The molecule has 68 valence electrons. The summed E-state index contributed by atoms with van der Waals surface area (Å²) in [7, 11) is 6.07. The van der Waals surface area contributed by atoms with Gasteiger partial charge in [-0.1, -0.05) is 43.9 Å². The molecule has 0 bridgehead atoms. The van der Waals surface area contributed by atoms with E-state index in [1.54, 1.807) is 0 Å². The quantitative estimate of drug-likeness (QED) is 0.527. The maximum absolute atomic E-state index is 6.07. The lowest BCUT2D eigenvalue weighted by Crippen LogP contribution is -2.25. The molecule has 13 heavy (non-hydrogen) atoms. The van der Waals surface area contributed by atoms with E-state index in [0.717, 1.165) is 5.46 Å². The first kappa shape index (κ1) is 10.4. The predicted molar refractivity (Wildman–Crippen MR) is 60.0 cm³/mol. The van der Waals surface area contributed by atoms with E-state index >= 15 is 0 Å². The molecule has 0 atom stereocenters. The molecule has 0 fully saturated rings. The molecule has 1 heteroatoms. The van der Waals surface area contributed by atoms with Crippen LogP contribution in [0.5, 0.6) is 0 Å². The van der Waals surface area contributed by atoms with Crippen molar-refractivity contribution < 1.29 is 0 Å². The molecule has 0 saturated carbocycles. The molecule has 0 unspecified atom stereocenters. The van der Waals surface area contributed by atoms with E-state index in [4.69, 9.17) is 7.85 Å². The summed E-state index contributed by atoms with van der Waals surface area (Å²) < 4.78 is 0. The van der Waals surface area contributed by atoms with Gasteiger partial charge in [-0.25, -0.2) is 0 Å². The van der Waals surface area contributed by atoms with Gasteiger partial charge in [-0.15, -0.1) is 0 Å². The van der Waals surface area contributed by atoms with Crippen LogP contribution in [0.2, 0.25) is 0 Å². The average Bonchev–Trinajstić information content (AvgIpc) is 1.98. The second-order valence-electron chi connectivity index (χ2n) is 4.72. The number of benzene rings is 1. The van der Waals surface area contributed by atoms with Crippen molar-refractivity contribution >= 4 is 13.3 Å². The van der Waals surface area contributed by atoms with Gasteiger partial charge in [0.25, 0.3) is 0 Å². The highest BCUT2D eigenvalue weighted by Crippen LogP contribution is 2.21. The lowest BCUT2D eigenvalue weighted by molar-refractivity contribution is 0.593. The van der Waals surface area contributed by atoms with Crippen LogP contribution in [-0.4, -0.2) is 7.85 Å². The monoisotopic (exact) mass is 172 g/mol. The minimum atomic E-state index is 0.141. The molecule has 1 aromatic rings. The molecule has 0 heterocycles. The van der Waals surface area contributed by atoms with Gasteiger partial charge in [-0.3, -0.25) is 0 Å². The zero-order chi connectivity index (χ0) is 10.2. The fourth-order valence-corrected chi connectivity index (χ4v) is 1.49. The van der Waals surface area contributed by atoms with Crippen molar-refractivity contribution in [2.24, 2.45) is 0 Å². The minimum Gasteiger partial charge on any atom is -0.0899 e. The van der Waals surface area contributed by atoms with Crippen molar-refractivity contribution in [3.05, 3.63) is 28.8 Å². The molecule has 0 aliphatic heterocycles. The van der Waals surface area contributed by atoms with Crippen LogP contribution in [0.4, 0.5) is 0 Å². The van der Waals surface area contributed by atoms with E-state index in [1.165, 1.54) is 16.7 Å². The van der Waals surface area contributed by atoms with Crippen molar-refractivity contribution in [1.82, 2.24) is 0 Å². The summed E-state index contributed by atoms with van der Waals surface area (Å²) in [5.74, 6) is 0. The zero-order valence-corrected chi connectivity index (χ0v) is 9.23. The fourth-order valence-electron chi connectivity index (χ4n) is 1.49. The molecule has 1 rings (SSSR count). The molecule has 0 aromatic heterocycles. The molecular weight excluding hydrogens is 155 g/mol. The Kier molecular flexibility index (Phi) is 2.56. The molecule has 2 radical (unpaired) electrons. The van der Waals surface area contributed by atoms with E-state index in [2.05, 4.69) is 46.8 Å². The van der Waals surface area contributed by atoms with E-state index in [0.29, 0.717) is 0 Å². The Balaban J connectivity index is 3.35. The Labute approximate surface area is 82.8 Å². The van der Waals surface area contributed by atoms with Crippen molar-refractivity contribution in [2.75, 3.05) is 0 Å². The van der Waals surface area contributed by atoms with Gasteiger partial charge in [0.05, 0.1) is 0 Å². The second kappa shape index (κ2) is 3.21. The predicted octanol–water partition coefficient (Wildman–Crippen LogP) is 2.39. The SMILES string of the molecule is [B]c1c(C(C)(C)C)ccc(C)c1C. The van der Waals surface area contributed by atoms with Gasteiger partial charge in [0, 0.05) is 0 Å².